The number of thioether (sulfide) groups is 1. The van der Waals surface area contributed by atoms with E-state index in [-0.39, 0.29) is 43.1 Å². The highest BCUT2D eigenvalue weighted by molar-refractivity contribution is 14.0. The Bertz CT molecular complexity index is 255. The monoisotopic (exact) mass is 406 g/mol. The summed E-state index contributed by atoms with van der Waals surface area (Å²) in [5.74, 6) is 1.45. The third-order valence-corrected chi connectivity index (χ3v) is 2.69. The quantitative estimate of drug-likeness (QED) is 0.273. The smallest absolute Gasteiger partial charge is 0.243 e. The van der Waals surface area contributed by atoms with E-state index in [1.807, 2.05) is 6.26 Å². The molecule has 0 aliphatic carbocycles. The average molecular weight is 406 g/mol. The summed E-state index contributed by atoms with van der Waals surface area (Å²) in [6, 6.07) is 0. The second-order valence-electron chi connectivity index (χ2n) is 3.84. The summed E-state index contributed by atoms with van der Waals surface area (Å²) in [5.41, 5.74) is 0. The highest BCUT2D eigenvalue weighted by Crippen LogP contribution is 1.88. The van der Waals surface area contributed by atoms with Gasteiger partial charge in [-0.15, -0.1) is 24.0 Å². The van der Waals surface area contributed by atoms with Gasteiger partial charge < -0.3 is 15.5 Å². The number of nitrogens with zero attached hydrogens (tertiary/aromatic N) is 2. The van der Waals surface area contributed by atoms with E-state index in [9.17, 15) is 9.18 Å². The molecule has 0 aromatic carbocycles. The van der Waals surface area contributed by atoms with E-state index in [0.717, 1.165) is 12.3 Å². The van der Waals surface area contributed by atoms with Gasteiger partial charge in [0.2, 0.25) is 5.91 Å². The molecule has 0 aromatic heterocycles. The van der Waals surface area contributed by atoms with Crippen molar-refractivity contribution < 1.29 is 9.18 Å². The van der Waals surface area contributed by atoms with Crippen molar-refractivity contribution in [1.82, 2.24) is 15.5 Å². The van der Waals surface area contributed by atoms with Gasteiger partial charge in [-0.3, -0.25) is 9.18 Å². The molecule has 0 saturated carbocycles. The number of aliphatic imine (C=N–C) groups is 1. The molecule has 0 radical (unpaired) electrons. The molecule has 0 atom stereocenters. The lowest BCUT2D eigenvalue weighted by Gasteiger charge is -2.13. The second kappa shape index (κ2) is 14.2. The van der Waals surface area contributed by atoms with Gasteiger partial charge in [0.25, 0.3) is 0 Å². The largest absolute Gasteiger partial charge is 0.356 e. The van der Waals surface area contributed by atoms with E-state index in [4.69, 9.17) is 0 Å². The predicted octanol–water partition coefficient (Wildman–Crippen LogP) is 0.950. The van der Waals surface area contributed by atoms with Crippen LogP contribution in [0.3, 0.4) is 0 Å². The summed E-state index contributed by atoms with van der Waals surface area (Å²) in [6.45, 7) is 1.01. The van der Waals surface area contributed by atoms with Crippen LogP contribution in [0.5, 0.6) is 0 Å². The van der Waals surface area contributed by atoms with Crippen molar-refractivity contribution in [3.63, 3.8) is 0 Å². The molecule has 0 spiro atoms. The van der Waals surface area contributed by atoms with Crippen LogP contribution >= 0.6 is 35.7 Å². The lowest BCUT2D eigenvalue weighted by atomic mass is 10.5. The normalized spacial score (nSPS) is 10.6. The van der Waals surface area contributed by atoms with Crippen LogP contribution in [0.1, 0.15) is 6.42 Å². The molecule has 5 nitrogen and oxygen atoms in total. The number of alkyl halides is 1. The topological polar surface area (TPSA) is 56.7 Å². The Kier molecular flexibility index (Phi) is 15.7. The molecule has 0 aromatic rings. The highest BCUT2D eigenvalue weighted by atomic mass is 127. The summed E-state index contributed by atoms with van der Waals surface area (Å²) in [7, 11) is 3.38. The van der Waals surface area contributed by atoms with Crippen molar-refractivity contribution in [2.24, 2.45) is 4.99 Å². The van der Waals surface area contributed by atoms with Crippen LogP contribution in [-0.2, 0) is 4.79 Å². The molecule has 0 bridgehead atoms. The number of amides is 1. The molecule has 0 fully saturated rings. The molecule has 0 rings (SSSR count). The van der Waals surface area contributed by atoms with E-state index in [1.165, 1.54) is 4.90 Å². The van der Waals surface area contributed by atoms with Gasteiger partial charge in [0.05, 0.1) is 6.67 Å². The predicted molar refractivity (Wildman–Crippen MR) is 91.4 cm³/mol. The highest BCUT2D eigenvalue weighted by Gasteiger charge is 2.03. The average Bonchev–Trinajstić information content (AvgIpc) is 2.35. The van der Waals surface area contributed by atoms with Gasteiger partial charge >= 0.3 is 0 Å². The van der Waals surface area contributed by atoms with Crippen molar-refractivity contribution >= 4 is 47.6 Å². The number of rotatable bonds is 8. The third kappa shape index (κ3) is 12.5. The first-order chi connectivity index (χ1) is 8.61. The fraction of sp³-hybridized carbons (Fsp3) is 0.818. The first-order valence-corrected chi connectivity index (χ1v) is 7.28. The van der Waals surface area contributed by atoms with Crippen molar-refractivity contribution in [2.75, 3.05) is 52.4 Å². The number of guanidine groups is 1. The van der Waals surface area contributed by atoms with Crippen LogP contribution in [0.25, 0.3) is 0 Å². The molecule has 0 unspecified atom stereocenters. The molecule has 114 valence electrons. The minimum absolute atomic E-state index is 0. The van der Waals surface area contributed by atoms with Gasteiger partial charge in [0.15, 0.2) is 5.96 Å². The third-order valence-electron chi connectivity index (χ3n) is 2.07. The van der Waals surface area contributed by atoms with Crippen LogP contribution < -0.4 is 10.6 Å². The Balaban J connectivity index is 0. The van der Waals surface area contributed by atoms with Crippen molar-refractivity contribution in [3.8, 4) is 0 Å². The minimum Gasteiger partial charge on any atom is -0.356 e. The lowest BCUT2D eigenvalue weighted by Crippen LogP contribution is -2.40. The fourth-order valence-electron chi connectivity index (χ4n) is 1.01. The van der Waals surface area contributed by atoms with E-state index in [1.54, 1.807) is 25.9 Å². The Hall–Kier alpha value is -0.250. The standard InChI is InChI=1S/C11H23FN4OS.HI/c1-16(2)10(17)9-15-11(13-6-4-5-12)14-7-8-18-3;/h4-9H2,1-3H3,(H2,13,14,15);1H. The summed E-state index contributed by atoms with van der Waals surface area (Å²) in [5, 5.41) is 6.09. The summed E-state index contributed by atoms with van der Waals surface area (Å²) >= 11 is 1.72. The van der Waals surface area contributed by atoms with E-state index in [0.29, 0.717) is 18.9 Å². The van der Waals surface area contributed by atoms with Gasteiger partial charge in [-0.25, -0.2) is 4.99 Å². The summed E-state index contributed by atoms with van der Waals surface area (Å²) in [6.07, 6.45) is 2.45. The number of nitrogens with one attached hydrogen (secondary N) is 2. The maximum absolute atomic E-state index is 12.0. The molecule has 0 aliphatic heterocycles. The molecule has 8 heteroatoms. The maximum atomic E-state index is 12.0. The molecular formula is C11H24FIN4OS. The van der Waals surface area contributed by atoms with Crippen LogP contribution in [0.2, 0.25) is 0 Å². The van der Waals surface area contributed by atoms with Crippen molar-refractivity contribution in [2.45, 2.75) is 6.42 Å². The van der Waals surface area contributed by atoms with Crippen molar-refractivity contribution in [1.29, 1.82) is 0 Å². The molecule has 2 N–H and O–H groups in total. The Labute approximate surface area is 136 Å². The van der Waals surface area contributed by atoms with Gasteiger partial charge in [-0.05, 0) is 12.7 Å². The van der Waals surface area contributed by atoms with Crippen LogP contribution in [0, 0.1) is 0 Å². The van der Waals surface area contributed by atoms with Crippen molar-refractivity contribution in [3.05, 3.63) is 0 Å². The molecule has 0 aliphatic rings. The zero-order valence-corrected chi connectivity index (χ0v) is 14.9. The van der Waals surface area contributed by atoms with Gasteiger partial charge in [0.1, 0.15) is 6.54 Å². The number of carbonyl (C=O) groups is 1. The van der Waals surface area contributed by atoms with E-state index >= 15 is 0 Å². The zero-order valence-electron chi connectivity index (χ0n) is 11.7. The van der Waals surface area contributed by atoms with Gasteiger partial charge in [-0.2, -0.15) is 11.8 Å². The Morgan fingerprint density at radius 3 is 2.47 bits per heavy atom. The number of hydrogen-bond acceptors (Lipinski definition) is 3. The molecular weight excluding hydrogens is 382 g/mol. The van der Waals surface area contributed by atoms with E-state index < -0.39 is 0 Å². The molecule has 0 heterocycles. The fourth-order valence-corrected chi connectivity index (χ4v) is 1.31. The second-order valence-corrected chi connectivity index (χ2v) is 4.83. The number of likely N-dealkylation sites (N-methyl/N-ethyl adjacent to an activating group) is 1. The Morgan fingerprint density at radius 2 is 1.95 bits per heavy atom. The zero-order chi connectivity index (χ0) is 13.8. The first-order valence-electron chi connectivity index (χ1n) is 5.89. The summed E-state index contributed by atoms with van der Waals surface area (Å²) in [4.78, 5) is 17.1. The maximum Gasteiger partial charge on any atom is 0.243 e. The SMILES string of the molecule is CSCCNC(=NCC(=O)N(C)C)NCCCF.I. The summed E-state index contributed by atoms with van der Waals surface area (Å²) < 4.78 is 12.0. The first kappa shape index (κ1) is 21.1. The van der Waals surface area contributed by atoms with Gasteiger partial charge in [-0.1, -0.05) is 0 Å². The number of halogens is 2. The molecule has 19 heavy (non-hydrogen) atoms. The van der Waals surface area contributed by atoms with Crippen LogP contribution in [-0.4, -0.2) is 69.2 Å². The molecule has 1 amide bonds. The Morgan fingerprint density at radius 1 is 1.32 bits per heavy atom. The lowest BCUT2D eigenvalue weighted by molar-refractivity contribution is -0.127. The number of hydrogen-bond donors (Lipinski definition) is 2. The minimum atomic E-state index is -0.359. The van der Waals surface area contributed by atoms with E-state index in [2.05, 4.69) is 15.6 Å². The van der Waals surface area contributed by atoms with Crippen LogP contribution in [0.15, 0.2) is 4.99 Å². The van der Waals surface area contributed by atoms with Gasteiger partial charge in [0, 0.05) is 32.9 Å². The van der Waals surface area contributed by atoms with Crippen LogP contribution in [0.4, 0.5) is 4.39 Å². The number of carbonyl (C=O) groups excluding carboxylic acids is 1. The molecule has 0 saturated heterocycles.